The van der Waals surface area contributed by atoms with Gasteiger partial charge in [-0.15, -0.1) is 6.42 Å². The van der Waals surface area contributed by atoms with Gasteiger partial charge in [0, 0.05) is 14.1 Å². The summed E-state index contributed by atoms with van der Waals surface area (Å²) >= 11 is 0. The molecule has 0 bridgehead atoms. The molecular formula is C24H29N7O5. The summed E-state index contributed by atoms with van der Waals surface area (Å²) in [7, 11) is 3.67. The molecule has 0 spiro atoms. The van der Waals surface area contributed by atoms with Gasteiger partial charge in [0.25, 0.3) is 0 Å². The lowest BCUT2D eigenvalue weighted by Gasteiger charge is -2.24. The normalized spacial score (nSPS) is 22.2. The molecule has 1 amide bonds. The molecule has 190 valence electrons. The number of benzene rings is 1. The second-order valence-corrected chi connectivity index (χ2v) is 8.64. The predicted molar refractivity (Wildman–Crippen MR) is 131 cm³/mol. The van der Waals surface area contributed by atoms with Gasteiger partial charge in [0.15, 0.2) is 23.2 Å². The summed E-state index contributed by atoms with van der Waals surface area (Å²) in [5.74, 6) is 3.14. The van der Waals surface area contributed by atoms with Crippen molar-refractivity contribution in [2.75, 3.05) is 32.2 Å². The molecule has 0 radical (unpaired) electrons. The summed E-state index contributed by atoms with van der Waals surface area (Å²) in [5, 5.41) is 23.3. The third-order valence-electron chi connectivity index (χ3n) is 5.93. The summed E-state index contributed by atoms with van der Waals surface area (Å²) in [4.78, 5) is 27.8. The van der Waals surface area contributed by atoms with Gasteiger partial charge in [-0.25, -0.2) is 15.0 Å². The Morgan fingerprint density at radius 1 is 1.33 bits per heavy atom. The SMILES string of the molecule is C#CCOc1ccc(C[C@H](N)C(=O)N[C@H]2[C@@H](O)[C@H](CO)O[C@@H]2n2cnc3c(N(C)C)ncnc32)cc1. The number of carbonyl (C=O) groups excluding carboxylic acids is 1. The van der Waals surface area contributed by atoms with Gasteiger partial charge in [-0.3, -0.25) is 9.36 Å². The number of nitrogens with zero attached hydrogens (tertiary/aromatic N) is 5. The van der Waals surface area contributed by atoms with Crippen molar-refractivity contribution < 1.29 is 24.5 Å². The average Bonchev–Trinajstić information content (AvgIpc) is 3.44. The number of aromatic nitrogens is 4. The summed E-state index contributed by atoms with van der Waals surface area (Å²) in [5.41, 5.74) is 8.00. The Morgan fingerprint density at radius 2 is 2.08 bits per heavy atom. The Balaban J connectivity index is 1.51. The van der Waals surface area contributed by atoms with Crippen molar-refractivity contribution in [2.24, 2.45) is 5.73 Å². The Kier molecular flexibility index (Phi) is 7.66. The summed E-state index contributed by atoms with van der Waals surface area (Å²) in [6.07, 6.45) is 5.38. The molecule has 1 saturated heterocycles. The van der Waals surface area contributed by atoms with E-state index in [0.29, 0.717) is 22.7 Å². The third kappa shape index (κ3) is 5.09. The number of hydrogen-bond acceptors (Lipinski definition) is 10. The van der Waals surface area contributed by atoms with E-state index in [1.807, 2.05) is 14.1 Å². The van der Waals surface area contributed by atoms with Crippen LogP contribution >= 0.6 is 0 Å². The van der Waals surface area contributed by atoms with E-state index in [1.54, 1.807) is 33.7 Å². The number of ether oxygens (including phenoxy) is 2. The van der Waals surface area contributed by atoms with E-state index >= 15 is 0 Å². The molecule has 2 aromatic heterocycles. The number of aliphatic hydroxyl groups excluding tert-OH is 2. The van der Waals surface area contributed by atoms with Crippen LogP contribution in [0.5, 0.6) is 5.75 Å². The highest BCUT2D eigenvalue weighted by molar-refractivity contribution is 5.84. The highest BCUT2D eigenvalue weighted by atomic mass is 16.5. The first kappa shape index (κ1) is 25.3. The average molecular weight is 496 g/mol. The monoisotopic (exact) mass is 495 g/mol. The van der Waals surface area contributed by atoms with Crippen LogP contribution in [0.25, 0.3) is 11.2 Å². The molecule has 3 aromatic rings. The molecule has 36 heavy (non-hydrogen) atoms. The highest BCUT2D eigenvalue weighted by Gasteiger charge is 2.46. The van der Waals surface area contributed by atoms with Crippen molar-refractivity contribution in [1.82, 2.24) is 24.8 Å². The topological polar surface area (TPSA) is 161 Å². The maximum absolute atomic E-state index is 13.0. The van der Waals surface area contributed by atoms with Crippen LogP contribution in [0.4, 0.5) is 5.82 Å². The number of rotatable bonds is 9. The van der Waals surface area contributed by atoms with Crippen molar-refractivity contribution in [3.63, 3.8) is 0 Å². The van der Waals surface area contributed by atoms with Crippen LogP contribution in [0.3, 0.4) is 0 Å². The number of terminal acetylenes is 1. The van der Waals surface area contributed by atoms with Crippen molar-refractivity contribution >= 4 is 22.9 Å². The lowest BCUT2D eigenvalue weighted by Crippen LogP contribution is -2.52. The second kappa shape index (κ2) is 10.9. The molecule has 3 heterocycles. The molecule has 5 atom stereocenters. The standard InChI is InChI=1S/C24H29N7O5/c1-4-9-35-15-7-5-14(6-8-15)10-16(25)23(34)29-18-20(33)17(11-32)36-24(18)31-13-28-19-21(30(2)3)26-12-27-22(19)31/h1,5-8,12-13,16-18,20,24,32-33H,9-11,25H2,2-3H3,(H,29,34)/t16-,17-,18-,20-,24-/m0/s1. The zero-order chi connectivity index (χ0) is 25.8. The zero-order valence-corrected chi connectivity index (χ0v) is 20.0. The Morgan fingerprint density at radius 3 is 2.75 bits per heavy atom. The van der Waals surface area contributed by atoms with E-state index < -0.39 is 43.0 Å². The van der Waals surface area contributed by atoms with Crippen LogP contribution in [0.15, 0.2) is 36.9 Å². The van der Waals surface area contributed by atoms with E-state index in [4.69, 9.17) is 21.6 Å². The smallest absolute Gasteiger partial charge is 0.237 e. The first-order valence-electron chi connectivity index (χ1n) is 11.3. The molecular weight excluding hydrogens is 466 g/mol. The summed E-state index contributed by atoms with van der Waals surface area (Å²) in [6.45, 7) is -0.271. The minimum absolute atomic E-state index is 0.164. The van der Waals surface area contributed by atoms with E-state index in [-0.39, 0.29) is 13.0 Å². The van der Waals surface area contributed by atoms with Gasteiger partial charge in [-0.1, -0.05) is 18.1 Å². The van der Waals surface area contributed by atoms with Crippen LogP contribution < -0.4 is 20.7 Å². The van der Waals surface area contributed by atoms with Crippen LogP contribution in [0, 0.1) is 12.3 Å². The van der Waals surface area contributed by atoms with Gasteiger partial charge in [0.05, 0.1) is 19.0 Å². The van der Waals surface area contributed by atoms with Crippen LogP contribution in [0.1, 0.15) is 11.8 Å². The Labute approximate surface area is 208 Å². The molecule has 1 aliphatic rings. The first-order chi connectivity index (χ1) is 17.3. The van der Waals surface area contributed by atoms with Gasteiger partial charge >= 0.3 is 0 Å². The number of fused-ring (bicyclic) bond motifs is 1. The number of aliphatic hydroxyl groups is 2. The van der Waals surface area contributed by atoms with E-state index in [9.17, 15) is 15.0 Å². The lowest BCUT2D eigenvalue weighted by atomic mass is 10.0. The Bertz CT molecular complexity index is 1240. The molecule has 4 rings (SSSR count). The quantitative estimate of drug-likeness (QED) is 0.277. The van der Waals surface area contributed by atoms with Crippen molar-refractivity contribution in [2.45, 2.75) is 36.9 Å². The summed E-state index contributed by atoms with van der Waals surface area (Å²) in [6, 6.07) is 5.30. The largest absolute Gasteiger partial charge is 0.481 e. The van der Waals surface area contributed by atoms with E-state index in [0.717, 1.165) is 5.56 Å². The first-order valence-corrected chi connectivity index (χ1v) is 11.3. The number of amides is 1. The molecule has 1 fully saturated rings. The van der Waals surface area contributed by atoms with Gasteiger partial charge in [-0.2, -0.15) is 0 Å². The second-order valence-electron chi connectivity index (χ2n) is 8.64. The minimum Gasteiger partial charge on any atom is -0.481 e. The predicted octanol–water partition coefficient (Wildman–Crippen LogP) is -0.790. The fraction of sp³-hybridized carbons (Fsp3) is 0.417. The van der Waals surface area contributed by atoms with Gasteiger partial charge in [-0.05, 0) is 24.1 Å². The molecule has 0 unspecified atom stereocenters. The van der Waals surface area contributed by atoms with Gasteiger partial charge < -0.3 is 35.6 Å². The zero-order valence-electron chi connectivity index (χ0n) is 20.0. The lowest BCUT2D eigenvalue weighted by molar-refractivity contribution is -0.124. The molecule has 1 aliphatic heterocycles. The number of anilines is 1. The molecule has 12 heteroatoms. The number of nitrogens with one attached hydrogen (secondary N) is 1. The van der Waals surface area contributed by atoms with Crippen LogP contribution in [-0.4, -0.2) is 87.2 Å². The van der Waals surface area contributed by atoms with E-state index in [2.05, 4.69) is 26.2 Å². The summed E-state index contributed by atoms with van der Waals surface area (Å²) < 4.78 is 12.9. The maximum Gasteiger partial charge on any atom is 0.237 e. The van der Waals surface area contributed by atoms with E-state index in [1.165, 1.54) is 12.7 Å². The molecule has 5 N–H and O–H groups in total. The number of carbonyl (C=O) groups is 1. The number of hydrogen-bond donors (Lipinski definition) is 4. The van der Waals surface area contributed by atoms with Crippen LogP contribution in [0.2, 0.25) is 0 Å². The minimum atomic E-state index is -1.18. The fourth-order valence-electron chi connectivity index (χ4n) is 4.11. The molecule has 1 aromatic carbocycles. The van der Waals surface area contributed by atoms with Crippen molar-refractivity contribution in [1.29, 1.82) is 0 Å². The third-order valence-corrected chi connectivity index (χ3v) is 5.93. The number of nitrogens with two attached hydrogens (primary N) is 1. The van der Waals surface area contributed by atoms with Crippen LogP contribution in [-0.2, 0) is 16.0 Å². The van der Waals surface area contributed by atoms with Gasteiger partial charge in [0.1, 0.15) is 36.9 Å². The van der Waals surface area contributed by atoms with Crippen molar-refractivity contribution in [3.8, 4) is 18.1 Å². The molecule has 12 nitrogen and oxygen atoms in total. The molecule has 0 saturated carbocycles. The maximum atomic E-state index is 13.0. The van der Waals surface area contributed by atoms with Crippen molar-refractivity contribution in [3.05, 3.63) is 42.5 Å². The fourth-order valence-corrected chi connectivity index (χ4v) is 4.11. The number of imidazole rings is 1. The Hall–Kier alpha value is -3.76. The van der Waals surface area contributed by atoms with Gasteiger partial charge in [0.2, 0.25) is 5.91 Å². The molecule has 0 aliphatic carbocycles. The highest BCUT2D eigenvalue weighted by Crippen LogP contribution is 2.32.